The van der Waals surface area contributed by atoms with Gasteiger partial charge in [0, 0.05) is 57.0 Å². The molecule has 10 heteroatoms. The molecule has 2 heterocycles. The van der Waals surface area contributed by atoms with Gasteiger partial charge in [-0.05, 0) is 66.1 Å². The summed E-state index contributed by atoms with van der Waals surface area (Å²) in [5.74, 6) is 0.623. The number of thioether (sulfide) groups is 1. The molecule has 1 aliphatic heterocycles. The normalized spacial score (nSPS) is 15.8. The quantitative estimate of drug-likeness (QED) is 0.239. The molecule has 2 unspecified atom stereocenters. The summed E-state index contributed by atoms with van der Waals surface area (Å²) in [7, 11) is 0. The first-order chi connectivity index (χ1) is 20.3. The van der Waals surface area contributed by atoms with Crippen LogP contribution in [-0.2, 0) is 17.1 Å². The molecule has 3 aromatic rings. The Kier molecular flexibility index (Phi) is 11.1. The third kappa shape index (κ3) is 8.89. The maximum atomic E-state index is 12.9. The van der Waals surface area contributed by atoms with Crippen molar-refractivity contribution in [3.63, 3.8) is 0 Å². The molecule has 2 atom stereocenters. The number of benzene rings is 2. The Morgan fingerprint density at radius 3 is 2.37 bits per heavy atom. The first kappa shape index (κ1) is 33.1. The summed E-state index contributed by atoms with van der Waals surface area (Å²) in [4.78, 5) is 32.8. The van der Waals surface area contributed by atoms with Gasteiger partial charge in [-0.3, -0.25) is 19.8 Å². The number of aromatic nitrogens is 1. The minimum absolute atomic E-state index is 0.0783. The molecule has 0 aliphatic carbocycles. The van der Waals surface area contributed by atoms with E-state index in [4.69, 9.17) is 0 Å². The van der Waals surface area contributed by atoms with Crippen molar-refractivity contribution in [3.05, 3.63) is 76.0 Å². The summed E-state index contributed by atoms with van der Waals surface area (Å²) >= 11 is 3.12. The number of carbonyl (C=O) groups excluding carboxylic acids is 2. The fourth-order valence-electron chi connectivity index (χ4n) is 4.85. The SMILES string of the molecule is CC(=O)N1CCN(C(O)c2cc(CSc3cnc(NC(=O)c4ccc(CNC(C)C(C)(C)C)cc4)s3)cc(C)c2C)CC1. The number of aliphatic hydroxyl groups excluding tert-OH is 1. The van der Waals surface area contributed by atoms with Crippen LogP contribution in [0.1, 0.15) is 79.0 Å². The van der Waals surface area contributed by atoms with Gasteiger partial charge in [-0.2, -0.15) is 0 Å². The third-order valence-corrected chi connectivity index (χ3v) is 10.5. The Balaban J connectivity index is 1.31. The Morgan fingerprint density at radius 1 is 1.07 bits per heavy atom. The number of anilines is 1. The molecular weight excluding hydrogens is 579 g/mol. The lowest BCUT2D eigenvalue weighted by Gasteiger charge is -2.37. The fourth-order valence-corrected chi connectivity index (χ4v) is 6.65. The minimum atomic E-state index is -0.708. The fraction of sp³-hybridized carbons (Fsp3) is 0.485. The zero-order chi connectivity index (χ0) is 31.3. The number of nitrogens with one attached hydrogen (secondary N) is 2. The van der Waals surface area contributed by atoms with Crippen molar-refractivity contribution in [3.8, 4) is 0 Å². The lowest BCUT2D eigenvalue weighted by atomic mass is 9.88. The highest BCUT2D eigenvalue weighted by Crippen LogP contribution is 2.33. The molecule has 0 radical (unpaired) electrons. The van der Waals surface area contributed by atoms with Crippen LogP contribution in [0, 0.1) is 19.3 Å². The van der Waals surface area contributed by atoms with Crippen LogP contribution in [0.2, 0.25) is 0 Å². The van der Waals surface area contributed by atoms with Gasteiger partial charge in [-0.15, -0.1) is 11.8 Å². The molecule has 4 rings (SSSR count). The summed E-state index contributed by atoms with van der Waals surface area (Å²) in [5.41, 5.74) is 6.17. The van der Waals surface area contributed by atoms with E-state index in [2.05, 4.69) is 62.4 Å². The first-order valence-corrected chi connectivity index (χ1v) is 16.6. The average molecular weight is 624 g/mol. The molecule has 0 bridgehead atoms. The highest BCUT2D eigenvalue weighted by molar-refractivity contribution is 8.00. The lowest BCUT2D eigenvalue weighted by molar-refractivity contribution is -0.132. The van der Waals surface area contributed by atoms with Gasteiger partial charge >= 0.3 is 0 Å². The largest absolute Gasteiger partial charge is 0.374 e. The van der Waals surface area contributed by atoms with E-state index in [9.17, 15) is 14.7 Å². The number of thiazole rings is 1. The van der Waals surface area contributed by atoms with Crippen LogP contribution in [0.3, 0.4) is 0 Å². The van der Waals surface area contributed by atoms with Gasteiger partial charge in [0.15, 0.2) is 5.13 Å². The van der Waals surface area contributed by atoms with Crippen molar-refractivity contribution in [2.45, 2.75) is 77.2 Å². The zero-order valence-electron chi connectivity index (χ0n) is 26.4. The molecule has 0 spiro atoms. The van der Waals surface area contributed by atoms with Gasteiger partial charge in [0.05, 0.1) is 10.4 Å². The maximum absolute atomic E-state index is 12.9. The molecule has 0 saturated carbocycles. The molecule has 2 amide bonds. The van der Waals surface area contributed by atoms with E-state index >= 15 is 0 Å². The van der Waals surface area contributed by atoms with E-state index in [0.717, 1.165) is 44.3 Å². The molecule has 1 aliphatic rings. The Labute approximate surface area is 264 Å². The third-order valence-electron chi connectivity index (χ3n) is 8.36. The van der Waals surface area contributed by atoms with E-state index in [1.54, 1.807) is 24.9 Å². The lowest BCUT2D eigenvalue weighted by Crippen LogP contribution is -2.49. The van der Waals surface area contributed by atoms with Gasteiger partial charge < -0.3 is 15.3 Å². The number of aliphatic hydroxyl groups is 1. The summed E-state index contributed by atoms with van der Waals surface area (Å²) in [5, 5.41) is 18.3. The van der Waals surface area contributed by atoms with Gasteiger partial charge in [0.1, 0.15) is 6.23 Å². The summed E-state index contributed by atoms with van der Waals surface area (Å²) in [6.45, 7) is 17.9. The highest BCUT2D eigenvalue weighted by Gasteiger charge is 2.26. The van der Waals surface area contributed by atoms with Crippen LogP contribution in [0.4, 0.5) is 5.13 Å². The second-order valence-electron chi connectivity index (χ2n) is 12.4. The molecule has 43 heavy (non-hydrogen) atoms. The molecule has 1 aromatic heterocycles. The van der Waals surface area contributed by atoms with Crippen LogP contribution in [-0.4, -0.2) is 63.9 Å². The smallest absolute Gasteiger partial charge is 0.257 e. The molecule has 1 fully saturated rings. The van der Waals surface area contributed by atoms with Crippen molar-refractivity contribution >= 4 is 40.0 Å². The molecule has 8 nitrogen and oxygen atoms in total. The molecule has 2 aromatic carbocycles. The van der Waals surface area contributed by atoms with Crippen LogP contribution in [0.5, 0.6) is 0 Å². The summed E-state index contributed by atoms with van der Waals surface area (Å²) in [6, 6.07) is 12.3. The topological polar surface area (TPSA) is 97.8 Å². The van der Waals surface area contributed by atoms with Gasteiger partial charge in [0.2, 0.25) is 5.91 Å². The Morgan fingerprint density at radius 2 is 1.74 bits per heavy atom. The second-order valence-corrected chi connectivity index (χ2v) is 14.7. The van der Waals surface area contributed by atoms with E-state index in [-0.39, 0.29) is 17.2 Å². The standard InChI is InChI=1S/C33H45N5O3S2/c1-21-16-26(17-28(22(21)2)31(41)38-14-12-37(13-15-38)24(4)39)20-42-29-19-35-32(43-29)36-30(40)27-10-8-25(9-11-27)18-34-23(3)33(5,6)7/h8-11,16-17,19,23,31,34,41H,12-15,18,20H2,1-7H3,(H,35,36,40). The number of nitrogens with zero attached hydrogens (tertiary/aromatic N) is 3. The number of hydrogen-bond donors (Lipinski definition) is 3. The van der Waals surface area contributed by atoms with Crippen molar-refractivity contribution < 1.29 is 14.7 Å². The number of piperazine rings is 1. The number of amides is 2. The predicted molar refractivity (Wildman–Crippen MR) is 177 cm³/mol. The van der Waals surface area contributed by atoms with Crippen molar-refractivity contribution in [1.29, 1.82) is 0 Å². The first-order valence-electron chi connectivity index (χ1n) is 14.8. The van der Waals surface area contributed by atoms with Crippen LogP contribution in [0.25, 0.3) is 0 Å². The number of aryl methyl sites for hydroxylation is 1. The van der Waals surface area contributed by atoms with E-state index in [0.29, 0.717) is 42.9 Å². The van der Waals surface area contributed by atoms with E-state index < -0.39 is 6.23 Å². The Bertz CT molecular complexity index is 1410. The second kappa shape index (κ2) is 14.3. The van der Waals surface area contributed by atoms with E-state index in [1.165, 1.54) is 11.3 Å². The van der Waals surface area contributed by atoms with Gasteiger partial charge in [0.25, 0.3) is 5.91 Å². The van der Waals surface area contributed by atoms with Crippen LogP contribution < -0.4 is 10.6 Å². The maximum Gasteiger partial charge on any atom is 0.257 e. The molecule has 3 N–H and O–H groups in total. The summed E-state index contributed by atoms with van der Waals surface area (Å²) < 4.78 is 1.00. The molecule has 232 valence electrons. The number of hydrogen-bond acceptors (Lipinski definition) is 8. The summed E-state index contributed by atoms with van der Waals surface area (Å²) in [6.07, 6.45) is 1.09. The minimum Gasteiger partial charge on any atom is -0.374 e. The van der Waals surface area contributed by atoms with Crippen molar-refractivity contribution in [1.82, 2.24) is 20.1 Å². The monoisotopic (exact) mass is 623 g/mol. The van der Waals surface area contributed by atoms with Gasteiger partial charge in [-0.1, -0.05) is 56.4 Å². The van der Waals surface area contributed by atoms with Crippen LogP contribution in [0.15, 0.2) is 46.8 Å². The highest BCUT2D eigenvalue weighted by atomic mass is 32.2. The van der Waals surface area contributed by atoms with Gasteiger partial charge in [-0.25, -0.2) is 4.98 Å². The predicted octanol–water partition coefficient (Wildman–Crippen LogP) is 5.98. The van der Waals surface area contributed by atoms with Crippen molar-refractivity contribution in [2.24, 2.45) is 5.41 Å². The Hall–Kier alpha value is -2.76. The number of carbonyl (C=O) groups is 2. The zero-order valence-corrected chi connectivity index (χ0v) is 28.0. The average Bonchev–Trinajstić information content (AvgIpc) is 3.42. The molecular formula is C33H45N5O3S2. The van der Waals surface area contributed by atoms with Crippen LogP contribution >= 0.6 is 23.1 Å². The van der Waals surface area contributed by atoms with Crippen molar-refractivity contribution in [2.75, 3.05) is 31.5 Å². The van der Waals surface area contributed by atoms with E-state index in [1.807, 2.05) is 41.0 Å². The molecule has 1 saturated heterocycles. The number of rotatable bonds is 10.